The molecule has 0 atom stereocenters. The van der Waals surface area contributed by atoms with Crippen LogP contribution in [0.15, 0.2) is 54.7 Å². The Kier molecular flexibility index (Phi) is 7.19. The maximum Gasteiger partial charge on any atom is 0.290 e. The van der Waals surface area contributed by atoms with Crippen LogP contribution in [-0.2, 0) is 16.1 Å². The van der Waals surface area contributed by atoms with Gasteiger partial charge in [-0.15, -0.1) is 0 Å². The van der Waals surface area contributed by atoms with Gasteiger partial charge in [0, 0.05) is 47.6 Å². The molecule has 0 saturated carbocycles. The van der Waals surface area contributed by atoms with Crippen LogP contribution in [0.3, 0.4) is 0 Å². The highest BCUT2D eigenvalue weighted by molar-refractivity contribution is 6.31. The van der Waals surface area contributed by atoms with E-state index >= 15 is 0 Å². The average Bonchev–Trinajstić information content (AvgIpc) is 2.71. The minimum Gasteiger partial charge on any atom is -0.483 e. The van der Waals surface area contributed by atoms with E-state index in [4.69, 9.17) is 26.2 Å². The molecule has 0 spiro atoms. The first-order valence-corrected chi connectivity index (χ1v) is 9.35. The number of halogens is 1. The average molecular weight is 400 g/mol. The van der Waals surface area contributed by atoms with Gasteiger partial charge < -0.3 is 15.2 Å². The Morgan fingerprint density at radius 1 is 1.14 bits per heavy atom. The summed E-state index contributed by atoms with van der Waals surface area (Å²) in [5.41, 5.74) is 4.30. The number of ether oxygens (including phenoxy) is 1. The van der Waals surface area contributed by atoms with Crippen LogP contribution in [0, 0.1) is 0 Å². The van der Waals surface area contributed by atoms with Crippen LogP contribution in [-0.4, -0.2) is 47.8 Å². The van der Waals surface area contributed by atoms with E-state index in [0.29, 0.717) is 5.02 Å². The fourth-order valence-electron chi connectivity index (χ4n) is 3.10. The predicted molar refractivity (Wildman–Crippen MR) is 111 cm³/mol. The van der Waals surface area contributed by atoms with Crippen molar-refractivity contribution < 1.29 is 14.6 Å². The van der Waals surface area contributed by atoms with Crippen LogP contribution in [0.4, 0.5) is 11.4 Å². The van der Waals surface area contributed by atoms with Crippen molar-refractivity contribution in [3.63, 3.8) is 0 Å². The van der Waals surface area contributed by atoms with Gasteiger partial charge in [0.05, 0.1) is 18.7 Å². The van der Waals surface area contributed by atoms with Crippen LogP contribution >= 0.6 is 11.6 Å². The second-order valence-electron chi connectivity index (χ2n) is 6.34. The molecule has 0 bridgehead atoms. The van der Waals surface area contributed by atoms with E-state index in [-0.39, 0.29) is 6.47 Å². The standard InChI is InChI=1S/C20H20ClN3O.CH2O2/c21-16-3-6-18-19(7-8-22-20(18)13-16)23-17-4-1-15(2-5-17)14-24-9-11-25-12-10-24;2-1-3/h1-8,13H,9-12,14H2,(H,22,23);1H,(H,2,3). The van der Waals surface area contributed by atoms with Gasteiger partial charge in [-0.25, -0.2) is 0 Å². The summed E-state index contributed by atoms with van der Waals surface area (Å²) in [6, 6.07) is 16.4. The lowest BCUT2D eigenvalue weighted by Crippen LogP contribution is -2.35. The highest BCUT2D eigenvalue weighted by atomic mass is 35.5. The molecule has 1 aliphatic heterocycles. The van der Waals surface area contributed by atoms with Crippen LogP contribution < -0.4 is 5.32 Å². The van der Waals surface area contributed by atoms with Crippen molar-refractivity contribution >= 4 is 40.4 Å². The molecule has 3 aromatic rings. The van der Waals surface area contributed by atoms with Crippen molar-refractivity contribution in [1.29, 1.82) is 0 Å². The molecular weight excluding hydrogens is 378 g/mol. The number of morpholine rings is 1. The summed E-state index contributed by atoms with van der Waals surface area (Å²) < 4.78 is 5.40. The molecule has 1 aromatic heterocycles. The Labute approximate surface area is 168 Å². The SMILES string of the molecule is Clc1ccc2c(Nc3ccc(CN4CCOCC4)cc3)ccnc2c1.O=CO. The number of pyridine rings is 1. The maximum absolute atomic E-state index is 8.36. The van der Waals surface area contributed by atoms with Crippen molar-refractivity contribution in [1.82, 2.24) is 9.88 Å². The molecule has 146 valence electrons. The Morgan fingerprint density at radius 2 is 1.86 bits per heavy atom. The zero-order chi connectivity index (χ0) is 19.8. The second kappa shape index (κ2) is 10.0. The Morgan fingerprint density at radius 3 is 2.57 bits per heavy atom. The summed E-state index contributed by atoms with van der Waals surface area (Å²) in [4.78, 5) is 15.2. The molecule has 6 nitrogen and oxygen atoms in total. The monoisotopic (exact) mass is 399 g/mol. The van der Waals surface area contributed by atoms with Crippen molar-refractivity contribution in [3.05, 3.63) is 65.3 Å². The van der Waals surface area contributed by atoms with Gasteiger partial charge in [0.2, 0.25) is 0 Å². The largest absolute Gasteiger partial charge is 0.483 e. The number of anilines is 2. The number of nitrogens with zero attached hydrogens (tertiary/aromatic N) is 2. The second-order valence-corrected chi connectivity index (χ2v) is 6.77. The van der Waals surface area contributed by atoms with Crippen LogP contribution in [0.1, 0.15) is 5.56 Å². The molecule has 1 fully saturated rings. The minimum atomic E-state index is -0.250. The molecule has 1 aliphatic rings. The molecule has 2 aromatic carbocycles. The number of carbonyl (C=O) groups is 1. The summed E-state index contributed by atoms with van der Waals surface area (Å²) in [5.74, 6) is 0. The van der Waals surface area contributed by atoms with Gasteiger partial charge in [-0.05, 0) is 42.0 Å². The molecule has 7 heteroatoms. The van der Waals surface area contributed by atoms with E-state index in [1.165, 1.54) is 5.56 Å². The maximum atomic E-state index is 8.36. The minimum absolute atomic E-state index is 0.250. The van der Waals surface area contributed by atoms with E-state index in [1.54, 1.807) is 6.20 Å². The zero-order valence-corrected chi connectivity index (χ0v) is 16.1. The first-order valence-electron chi connectivity index (χ1n) is 8.98. The third-order valence-electron chi connectivity index (χ3n) is 4.45. The molecule has 2 heterocycles. The first kappa shape index (κ1) is 20.1. The van der Waals surface area contributed by atoms with Gasteiger partial charge in [-0.2, -0.15) is 0 Å². The van der Waals surface area contributed by atoms with Gasteiger partial charge in [0.15, 0.2) is 0 Å². The van der Waals surface area contributed by atoms with Gasteiger partial charge >= 0.3 is 0 Å². The molecule has 0 unspecified atom stereocenters. The van der Waals surface area contributed by atoms with E-state index in [2.05, 4.69) is 39.5 Å². The normalized spacial score (nSPS) is 14.2. The third-order valence-corrected chi connectivity index (χ3v) is 4.68. The summed E-state index contributed by atoms with van der Waals surface area (Å²) in [6.07, 6.45) is 1.80. The fraction of sp³-hybridized carbons (Fsp3) is 0.238. The summed E-state index contributed by atoms with van der Waals surface area (Å²) in [6.45, 7) is 4.40. The van der Waals surface area contributed by atoms with E-state index < -0.39 is 0 Å². The zero-order valence-electron chi connectivity index (χ0n) is 15.3. The lowest BCUT2D eigenvalue weighted by molar-refractivity contribution is -0.122. The van der Waals surface area contributed by atoms with E-state index in [1.807, 2.05) is 24.3 Å². The van der Waals surface area contributed by atoms with E-state index in [9.17, 15) is 0 Å². The third kappa shape index (κ3) is 5.42. The lowest BCUT2D eigenvalue weighted by Gasteiger charge is -2.26. The fourth-order valence-corrected chi connectivity index (χ4v) is 3.26. The van der Waals surface area contributed by atoms with E-state index in [0.717, 1.165) is 55.1 Å². The smallest absolute Gasteiger partial charge is 0.290 e. The number of hydrogen-bond donors (Lipinski definition) is 2. The highest BCUT2D eigenvalue weighted by Crippen LogP contribution is 2.27. The summed E-state index contributed by atoms with van der Waals surface area (Å²) >= 11 is 6.06. The quantitative estimate of drug-likeness (QED) is 0.641. The van der Waals surface area contributed by atoms with Crippen molar-refractivity contribution in [2.45, 2.75) is 6.54 Å². The Bertz CT molecular complexity index is 912. The number of rotatable bonds is 4. The number of nitrogens with one attached hydrogen (secondary N) is 1. The van der Waals surface area contributed by atoms with Gasteiger partial charge in [0.1, 0.15) is 0 Å². The molecule has 0 aliphatic carbocycles. The Hall–Kier alpha value is -2.67. The summed E-state index contributed by atoms with van der Waals surface area (Å²) in [7, 11) is 0. The molecule has 28 heavy (non-hydrogen) atoms. The lowest BCUT2D eigenvalue weighted by atomic mass is 10.1. The van der Waals surface area contributed by atoms with Crippen molar-refractivity contribution in [2.24, 2.45) is 0 Å². The van der Waals surface area contributed by atoms with Gasteiger partial charge in [0.25, 0.3) is 6.47 Å². The first-order chi connectivity index (χ1) is 13.7. The van der Waals surface area contributed by atoms with Crippen LogP contribution in [0.5, 0.6) is 0 Å². The number of carboxylic acid groups (broad SMARTS) is 1. The van der Waals surface area contributed by atoms with Crippen LogP contribution in [0.2, 0.25) is 5.02 Å². The number of aromatic nitrogens is 1. The molecule has 0 amide bonds. The molecule has 2 N–H and O–H groups in total. The summed E-state index contributed by atoms with van der Waals surface area (Å²) in [5, 5.41) is 12.1. The van der Waals surface area contributed by atoms with Gasteiger partial charge in [-0.3, -0.25) is 14.7 Å². The van der Waals surface area contributed by atoms with Gasteiger partial charge in [-0.1, -0.05) is 23.7 Å². The number of benzene rings is 2. The molecular formula is C21H22ClN3O3. The van der Waals surface area contributed by atoms with Crippen molar-refractivity contribution in [2.75, 3.05) is 31.6 Å². The van der Waals surface area contributed by atoms with Crippen molar-refractivity contribution in [3.8, 4) is 0 Å². The Balaban J connectivity index is 0.000000706. The number of hydrogen-bond acceptors (Lipinski definition) is 5. The molecule has 4 rings (SSSR count). The number of fused-ring (bicyclic) bond motifs is 1. The molecule has 1 saturated heterocycles. The topological polar surface area (TPSA) is 74.7 Å². The molecule has 0 radical (unpaired) electrons. The van der Waals surface area contributed by atoms with Crippen LogP contribution in [0.25, 0.3) is 10.9 Å². The predicted octanol–water partition coefficient (Wildman–Crippen LogP) is 4.16. The highest BCUT2D eigenvalue weighted by Gasteiger charge is 2.10.